The summed E-state index contributed by atoms with van der Waals surface area (Å²) in [5, 5.41) is 3.87. The highest BCUT2D eigenvalue weighted by atomic mass is 35.5. The molecule has 0 aliphatic heterocycles. The van der Waals surface area contributed by atoms with Gasteiger partial charge in [0.05, 0.1) is 0 Å². The molecule has 0 amide bonds. The molecule has 0 spiro atoms. The molecule has 2 heteroatoms. The molecule has 0 aromatic heterocycles. The van der Waals surface area contributed by atoms with E-state index < -0.39 is 0 Å². The fourth-order valence-corrected chi connectivity index (χ4v) is 2.59. The normalized spacial score (nSPS) is 25.7. The van der Waals surface area contributed by atoms with E-state index in [1.807, 2.05) is 0 Å². The van der Waals surface area contributed by atoms with Crippen molar-refractivity contribution in [2.75, 3.05) is 0 Å². The monoisotopic (exact) mass is 223 g/mol. The molecule has 2 unspecified atom stereocenters. The van der Waals surface area contributed by atoms with E-state index in [0.29, 0.717) is 11.4 Å². The Hall–Kier alpha value is -0.530. The lowest BCUT2D eigenvalue weighted by Gasteiger charge is -2.15. The SMILES string of the molecule is Cc1cccc(CNC2CCCC2Cl)c1. The molecule has 0 heterocycles. The zero-order valence-electron chi connectivity index (χ0n) is 9.17. The van der Waals surface area contributed by atoms with Gasteiger partial charge >= 0.3 is 0 Å². The average molecular weight is 224 g/mol. The van der Waals surface area contributed by atoms with Crippen LogP contribution >= 0.6 is 11.6 Å². The Morgan fingerprint density at radius 2 is 2.27 bits per heavy atom. The zero-order valence-corrected chi connectivity index (χ0v) is 9.93. The van der Waals surface area contributed by atoms with E-state index in [1.54, 1.807) is 0 Å². The van der Waals surface area contributed by atoms with Crippen molar-refractivity contribution in [3.8, 4) is 0 Å². The summed E-state index contributed by atoms with van der Waals surface area (Å²) in [5.41, 5.74) is 2.67. The minimum atomic E-state index is 0.329. The zero-order chi connectivity index (χ0) is 10.7. The first-order valence-corrected chi connectivity index (χ1v) is 6.12. The predicted octanol–water partition coefficient (Wildman–Crippen LogP) is 3.24. The van der Waals surface area contributed by atoms with Crippen LogP contribution in [0.3, 0.4) is 0 Å². The van der Waals surface area contributed by atoms with Crippen molar-refractivity contribution in [3.05, 3.63) is 35.4 Å². The molecule has 1 aromatic carbocycles. The predicted molar refractivity (Wildman–Crippen MR) is 65.3 cm³/mol. The number of benzene rings is 1. The van der Waals surface area contributed by atoms with E-state index in [1.165, 1.54) is 24.0 Å². The molecule has 1 aliphatic carbocycles. The van der Waals surface area contributed by atoms with Crippen LogP contribution in [0.1, 0.15) is 30.4 Å². The third-order valence-electron chi connectivity index (χ3n) is 3.08. The van der Waals surface area contributed by atoms with E-state index in [2.05, 4.69) is 36.5 Å². The maximum absolute atomic E-state index is 6.21. The Kier molecular flexibility index (Phi) is 3.66. The highest BCUT2D eigenvalue weighted by Gasteiger charge is 2.24. The Labute approximate surface area is 96.8 Å². The van der Waals surface area contributed by atoms with Gasteiger partial charge in [-0.1, -0.05) is 36.2 Å². The molecule has 0 radical (unpaired) electrons. The van der Waals surface area contributed by atoms with Gasteiger partial charge in [0, 0.05) is 18.0 Å². The van der Waals surface area contributed by atoms with Gasteiger partial charge in [0.25, 0.3) is 0 Å². The molecular formula is C13H18ClN. The number of aryl methyl sites for hydroxylation is 1. The third-order valence-corrected chi connectivity index (χ3v) is 3.60. The van der Waals surface area contributed by atoms with E-state index in [4.69, 9.17) is 11.6 Å². The summed E-state index contributed by atoms with van der Waals surface area (Å²) in [7, 11) is 0. The lowest BCUT2D eigenvalue weighted by molar-refractivity contribution is 0.528. The van der Waals surface area contributed by atoms with Crippen LogP contribution < -0.4 is 5.32 Å². The van der Waals surface area contributed by atoms with Gasteiger partial charge in [-0.2, -0.15) is 0 Å². The Morgan fingerprint density at radius 1 is 1.40 bits per heavy atom. The highest BCUT2D eigenvalue weighted by Crippen LogP contribution is 2.24. The van der Waals surface area contributed by atoms with Crippen LogP contribution in [-0.2, 0) is 6.54 Å². The molecule has 1 aromatic rings. The molecule has 1 nitrogen and oxygen atoms in total. The molecule has 2 atom stereocenters. The first-order chi connectivity index (χ1) is 7.25. The molecule has 15 heavy (non-hydrogen) atoms. The smallest absolute Gasteiger partial charge is 0.0489 e. The second-order valence-electron chi connectivity index (χ2n) is 4.42. The summed E-state index contributed by atoms with van der Waals surface area (Å²) in [6, 6.07) is 9.14. The van der Waals surface area contributed by atoms with Gasteiger partial charge in [-0.25, -0.2) is 0 Å². The van der Waals surface area contributed by atoms with Crippen LogP contribution in [0.4, 0.5) is 0 Å². The minimum Gasteiger partial charge on any atom is -0.308 e. The largest absolute Gasteiger partial charge is 0.308 e. The van der Waals surface area contributed by atoms with E-state index in [0.717, 1.165) is 13.0 Å². The van der Waals surface area contributed by atoms with Crippen LogP contribution in [-0.4, -0.2) is 11.4 Å². The number of hydrogen-bond donors (Lipinski definition) is 1. The van der Waals surface area contributed by atoms with Crippen LogP contribution in [0.15, 0.2) is 24.3 Å². The molecule has 1 N–H and O–H groups in total. The average Bonchev–Trinajstić information content (AvgIpc) is 2.61. The summed E-state index contributed by atoms with van der Waals surface area (Å²) in [5.74, 6) is 0. The van der Waals surface area contributed by atoms with Crippen molar-refractivity contribution in [2.45, 2.75) is 44.1 Å². The van der Waals surface area contributed by atoms with Crippen molar-refractivity contribution in [1.29, 1.82) is 0 Å². The van der Waals surface area contributed by atoms with Gasteiger partial charge in [-0.15, -0.1) is 11.6 Å². The van der Waals surface area contributed by atoms with Crippen LogP contribution in [0.2, 0.25) is 0 Å². The van der Waals surface area contributed by atoms with E-state index >= 15 is 0 Å². The topological polar surface area (TPSA) is 12.0 Å². The van der Waals surface area contributed by atoms with Gasteiger partial charge in [-0.05, 0) is 25.3 Å². The number of hydrogen-bond acceptors (Lipinski definition) is 1. The Balaban J connectivity index is 1.87. The van der Waals surface area contributed by atoms with Crippen LogP contribution in [0, 0.1) is 6.92 Å². The Bertz CT molecular complexity index is 324. The van der Waals surface area contributed by atoms with Gasteiger partial charge in [0.2, 0.25) is 0 Å². The van der Waals surface area contributed by atoms with Gasteiger partial charge < -0.3 is 5.32 Å². The number of alkyl halides is 1. The minimum absolute atomic E-state index is 0.329. The van der Waals surface area contributed by atoms with Crippen molar-refractivity contribution in [2.24, 2.45) is 0 Å². The molecule has 82 valence electrons. The maximum Gasteiger partial charge on any atom is 0.0489 e. The lowest BCUT2D eigenvalue weighted by Crippen LogP contribution is -2.32. The van der Waals surface area contributed by atoms with Crippen molar-refractivity contribution < 1.29 is 0 Å². The summed E-state index contributed by atoms with van der Waals surface area (Å²) in [6.07, 6.45) is 3.65. The summed E-state index contributed by atoms with van der Waals surface area (Å²) < 4.78 is 0. The number of nitrogens with one attached hydrogen (secondary N) is 1. The Morgan fingerprint density at radius 3 is 2.93 bits per heavy atom. The molecule has 0 saturated heterocycles. The summed E-state index contributed by atoms with van der Waals surface area (Å²) >= 11 is 6.21. The van der Waals surface area contributed by atoms with Crippen molar-refractivity contribution in [1.82, 2.24) is 5.32 Å². The van der Waals surface area contributed by atoms with E-state index in [-0.39, 0.29) is 0 Å². The summed E-state index contributed by atoms with van der Waals surface area (Å²) in [6.45, 7) is 3.07. The third kappa shape index (κ3) is 2.96. The van der Waals surface area contributed by atoms with Crippen molar-refractivity contribution >= 4 is 11.6 Å². The first kappa shape index (κ1) is 11.0. The quantitative estimate of drug-likeness (QED) is 0.776. The molecular weight excluding hydrogens is 206 g/mol. The number of halogens is 1. The fraction of sp³-hybridized carbons (Fsp3) is 0.538. The molecule has 1 saturated carbocycles. The molecule has 0 bridgehead atoms. The lowest BCUT2D eigenvalue weighted by atomic mass is 10.1. The van der Waals surface area contributed by atoms with Gasteiger partial charge in [0.1, 0.15) is 0 Å². The van der Waals surface area contributed by atoms with Crippen LogP contribution in [0.5, 0.6) is 0 Å². The summed E-state index contributed by atoms with van der Waals surface area (Å²) in [4.78, 5) is 0. The second-order valence-corrected chi connectivity index (χ2v) is 4.98. The first-order valence-electron chi connectivity index (χ1n) is 5.69. The molecule has 2 rings (SSSR count). The van der Waals surface area contributed by atoms with Crippen LogP contribution in [0.25, 0.3) is 0 Å². The van der Waals surface area contributed by atoms with Gasteiger partial charge in [-0.3, -0.25) is 0 Å². The van der Waals surface area contributed by atoms with E-state index in [9.17, 15) is 0 Å². The molecule has 1 aliphatic rings. The van der Waals surface area contributed by atoms with Crippen molar-refractivity contribution in [3.63, 3.8) is 0 Å². The van der Waals surface area contributed by atoms with Gasteiger partial charge in [0.15, 0.2) is 0 Å². The maximum atomic E-state index is 6.21. The standard InChI is InChI=1S/C13H18ClN/c1-10-4-2-5-11(8-10)9-15-13-7-3-6-12(13)14/h2,4-5,8,12-13,15H,3,6-7,9H2,1H3. The second kappa shape index (κ2) is 5.00. The molecule has 1 fully saturated rings. The number of rotatable bonds is 3. The fourth-order valence-electron chi connectivity index (χ4n) is 2.22. The highest BCUT2D eigenvalue weighted by molar-refractivity contribution is 6.21.